The first-order valence-electron chi connectivity index (χ1n) is 12.4. The van der Waals surface area contributed by atoms with Gasteiger partial charge < -0.3 is 0 Å². The lowest BCUT2D eigenvalue weighted by molar-refractivity contribution is -0.116. The summed E-state index contributed by atoms with van der Waals surface area (Å²) in [5, 5.41) is 0. The SMILES string of the molecule is CC.CC(C)=CCCCC1CCC2C3C=CC4=CC(=O)CCC4(C)[C@H]3CCC12C. The Morgan fingerprint density at radius 1 is 1.10 bits per heavy atom. The van der Waals surface area contributed by atoms with E-state index in [-0.39, 0.29) is 5.41 Å². The molecule has 0 amide bonds. The molecule has 0 N–H and O–H groups in total. The molecular weight excluding hydrogens is 352 g/mol. The van der Waals surface area contributed by atoms with Gasteiger partial charge in [-0.05, 0) is 111 Å². The summed E-state index contributed by atoms with van der Waals surface area (Å²) in [5.74, 6) is 3.60. The smallest absolute Gasteiger partial charge is 0.156 e. The topological polar surface area (TPSA) is 17.1 Å². The van der Waals surface area contributed by atoms with Gasteiger partial charge in [0.1, 0.15) is 0 Å². The summed E-state index contributed by atoms with van der Waals surface area (Å²) in [6.07, 6.45) is 20.7. The number of unbranched alkanes of at least 4 members (excludes halogenated alkanes) is 1. The molecule has 0 heterocycles. The number of hydrogen-bond donors (Lipinski definition) is 0. The third-order valence-electron chi connectivity index (χ3n) is 9.02. The van der Waals surface area contributed by atoms with Crippen molar-refractivity contribution >= 4 is 5.78 Å². The first kappa shape index (κ1) is 22.6. The van der Waals surface area contributed by atoms with E-state index in [4.69, 9.17) is 0 Å². The highest BCUT2D eigenvalue weighted by atomic mass is 16.1. The average molecular weight is 397 g/mol. The summed E-state index contributed by atoms with van der Waals surface area (Å²) < 4.78 is 0. The number of carbonyl (C=O) groups excluding carboxylic acids is 1. The molecule has 4 aliphatic carbocycles. The number of rotatable bonds is 4. The van der Waals surface area contributed by atoms with Crippen LogP contribution in [0.1, 0.15) is 99.3 Å². The maximum atomic E-state index is 11.9. The minimum Gasteiger partial charge on any atom is -0.295 e. The van der Waals surface area contributed by atoms with Crippen molar-refractivity contribution in [3.05, 3.63) is 35.5 Å². The lowest BCUT2D eigenvalue weighted by Gasteiger charge is -2.56. The zero-order valence-corrected chi connectivity index (χ0v) is 19.9. The molecule has 4 aliphatic rings. The summed E-state index contributed by atoms with van der Waals surface area (Å²) >= 11 is 0. The van der Waals surface area contributed by atoms with Gasteiger partial charge in [0.05, 0.1) is 0 Å². The molecule has 29 heavy (non-hydrogen) atoms. The number of hydrogen-bond acceptors (Lipinski definition) is 1. The largest absolute Gasteiger partial charge is 0.295 e. The lowest BCUT2D eigenvalue weighted by Crippen LogP contribution is -2.48. The van der Waals surface area contributed by atoms with E-state index in [0.717, 1.165) is 36.5 Å². The molecular formula is C28H44O. The van der Waals surface area contributed by atoms with Crippen molar-refractivity contribution in [2.24, 2.45) is 34.5 Å². The van der Waals surface area contributed by atoms with Crippen molar-refractivity contribution in [1.82, 2.24) is 0 Å². The van der Waals surface area contributed by atoms with E-state index in [1.54, 1.807) is 0 Å². The van der Waals surface area contributed by atoms with Gasteiger partial charge in [-0.25, -0.2) is 0 Å². The molecule has 0 spiro atoms. The Morgan fingerprint density at radius 3 is 2.59 bits per heavy atom. The van der Waals surface area contributed by atoms with Crippen LogP contribution in [0.25, 0.3) is 0 Å². The standard InChI is InChI=1S/C26H38O.C2H6/c1-18(2)7-5-6-8-19-10-12-23-22-11-9-20-17-21(27)13-15-26(20,4)24(22)14-16-25(19,23)3;1-2/h7,9,11,17,19,22-24H,5-6,8,10,12-16H2,1-4H3;1-2H3/t19?,22?,23?,24-,25?,26?;/m0./s1. The summed E-state index contributed by atoms with van der Waals surface area (Å²) in [7, 11) is 0. The molecule has 0 aliphatic heterocycles. The fourth-order valence-electron chi connectivity index (χ4n) is 7.33. The van der Waals surface area contributed by atoms with Crippen molar-refractivity contribution < 1.29 is 4.79 Å². The molecule has 0 radical (unpaired) electrons. The Hall–Kier alpha value is -1.11. The van der Waals surface area contributed by atoms with E-state index in [1.807, 2.05) is 19.9 Å². The van der Waals surface area contributed by atoms with Crippen LogP contribution in [-0.4, -0.2) is 5.78 Å². The van der Waals surface area contributed by atoms with Crippen LogP contribution >= 0.6 is 0 Å². The summed E-state index contributed by atoms with van der Waals surface area (Å²) in [6, 6.07) is 0. The highest BCUT2D eigenvalue weighted by Gasteiger charge is 2.57. The van der Waals surface area contributed by atoms with Gasteiger partial charge in [0, 0.05) is 6.42 Å². The van der Waals surface area contributed by atoms with Gasteiger partial charge >= 0.3 is 0 Å². The maximum absolute atomic E-state index is 11.9. The van der Waals surface area contributed by atoms with Gasteiger partial charge in [0.2, 0.25) is 0 Å². The number of fused-ring (bicyclic) bond motifs is 5. The molecule has 0 aromatic heterocycles. The fraction of sp³-hybridized carbons (Fsp3) is 0.750. The van der Waals surface area contributed by atoms with Crippen LogP contribution in [0.2, 0.25) is 0 Å². The third-order valence-corrected chi connectivity index (χ3v) is 9.02. The first-order chi connectivity index (χ1) is 13.8. The van der Waals surface area contributed by atoms with Crippen LogP contribution in [0.5, 0.6) is 0 Å². The first-order valence-corrected chi connectivity index (χ1v) is 12.4. The molecule has 5 unspecified atom stereocenters. The number of carbonyl (C=O) groups is 1. The number of allylic oxidation sites excluding steroid dienone is 6. The maximum Gasteiger partial charge on any atom is 0.156 e. The normalized spacial score (nSPS) is 40.1. The van der Waals surface area contributed by atoms with Crippen molar-refractivity contribution in [2.45, 2.75) is 99.3 Å². The molecule has 0 bridgehead atoms. The predicted octanol–water partition coefficient (Wildman–Crippen LogP) is 8.07. The minimum absolute atomic E-state index is 0.246. The molecule has 2 fully saturated rings. The van der Waals surface area contributed by atoms with Crippen LogP contribution in [0.3, 0.4) is 0 Å². The molecule has 0 aromatic rings. The monoisotopic (exact) mass is 396 g/mol. The van der Waals surface area contributed by atoms with Gasteiger partial charge in [0.25, 0.3) is 0 Å². The molecule has 0 saturated heterocycles. The second-order valence-electron chi connectivity index (χ2n) is 10.7. The van der Waals surface area contributed by atoms with E-state index in [0.29, 0.717) is 11.2 Å². The summed E-state index contributed by atoms with van der Waals surface area (Å²) in [5.41, 5.74) is 3.58. The van der Waals surface area contributed by atoms with Crippen LogP contribution in [-0.2, 0) is 4.79 Å². The van der Waals surface area contributed by atoms with Gasteiger partial charge in [-0.2, -0.15) is 0 Å². The van der Waals surface area contributed by atoms with Crippen molar-refractivity contribution in [2.75, 3.05) is 0 Å². The van der Waals surface area contributed by atoms with Crippen molar-refractivity contribution in [3.8, 4) is 0 Å². The van der Waals surface area contributed by atoms with E-state index in [1.165, 1.54) is 56.1 Å². The molecule has 6 atom stereocenters. The van der Waals surface area contributed by atoms with Crippen LogP contribution < -0.4 is 0 Å². The Kier molecular flexibility index (Phi) is 6.96. The Balaban J connectivity index is 0.00000117. The van der Waals surface area contributed by atoms with Gasteiger partial charge in [-0.1, -0.05) is 51.5 Å². The Bertz CT molecular complexity index is 691. The molecule has 2 saturated carbocycles. The van der Waals surface area contributed by atoms with Crippen molar-refractivity contribution in [1.29, 1.82) is 0 Å². The van der Waals surface area contributed by atoms with Gasteiger partial charge in [0.15, 0.2) is 5.78 Å². The van der Waals surface area contributed by atoms with E-state index >= 15 is 0 Å². The zero-order chi connectivity index (χ0) is 21.2. The summed E-state index contributed by atoms with van der Waals surface area (Å²) in [4.78, 5) is 11.9. The quantitative estimate of drug-likeness (QED) is 0.347. The van der Waals surface area contributed by atoms with Crippen molar-refractivity contribution in [3.63, 3.8) is 0 Å². The number of ketones is 1. The highest BCUT2D eigenvalue weighted by molar-refractivity contribution is 5.92. The van der Waals surface area contributed by atoms with Crippen LogP contribution in [0.15, 0.2) is 35.5 Å². The molecule has 4 rings (SSSR count). The molecule has 1 heteroatoms. The molecule has 162 valence electrons. The molecule has 0 aromatic carbocycles. The van der Waals surface area contributed by atoms with Crippen LogP contribution in [0, 0.1) is 34.5 Å². The summed E-state index contributed by atoms with van der Waals surface area (Å²) in [6.45, 7) is 13.5. The van der Waals surface area contributed by atoms with E-state index < -0.39 is 0 Å². The third kappa shape index (κ3) is 4.08. The fourth-order valence-corrected chi connectivity index (χ4v) is 7.33. The average Bonchev–Trinajstić information content (AvgIpc) is 3.03. The van der Waals surface area contributed by atoms with E-state index in [9.17, 15) is 4.79 Å². The lowest BCUT2D eigenvalue weighted by atomic mass is 9.48. The second kappa shape index (κ2) is 8.94. The van der Waals surface area contributed by atoms with Gasteiger partial charge in [-0.15, -0.1) is 0 Å². The minimum atomic E-state index is 0.246. The Morgan fingerprint density at radius 2 is 1.86 bits per heavy atom. The second-order valence-corrected chi connectivity index (χ2v) is 10.7. The highest BCUT2D eigenvalue weighted by Crippen LogP contribution is 2.65. The van der Waals surface area contributed by atoms with Gasteiger partial charge in [-0.3, -0.25) is 4.79 Å². The Labute approximate surface area is 180 Å². The zero-order valence-electron chi connectivity index (χ0n) is 19.9. The molecule has 1 nitrogen and oxygen atoms in total. The predicted molar refractivity (Wildman–Crippen MR) is 125 cm³/mol. The van der Waals surface area contributed by atoms with Crippen LogP contribution in [0.4, 0.5) is 0 Å². The van der Waals surface area contributed by atoms with E-state index in [2.05, 4.69) is 45.9 Å².